The highest BCUT2D eigenvalue weighted by molar-refractivity contribution is 5.67. The van der Waals surface area contributed by atoms with Gasteiger partial charge in [0.05, 0.1) is 6.04 Å². The highest BCUT2D eigenvalue weighted by Gasteiger charge is 2.30. The van der Waals surface area contributed by atoms with Gasteiger partial charge in [0, 0.05) is 29.4 Å². The van der Waals surface area contributed by atoms with Crippen LogP contribution in [0.25, 0.3) is 11.4 Å². The molecule has 0 saturated heterocycles. The Hall–Kier alpha value is -3.01. The molecule has 2 aromatic carbocycles. The summed E-state index contributed by atoms with van der Waals surface area (Å²) in [6, 6.07) is 14.9. The molecule has 28 heavy (non-hydrogen) atoms. The van der Waals surface area contributed by atoms with Crippen LogP contribution in [0.15, 0.2) is 67.0 Å². The second-order valence-electron chi connectivity index (χ2n) is 7.62. The van der Waals surface area contributed by atoms with Gasteiger partial charge in [-0.05, 0) is 36.1 Å². The van der Waals surface area contributed by atoms with Crippen LogP contribution in [0.2, 0.25) is 0 Å². The van der Waals surface area contributed by atoms with E-state index in [2.05, 4.69) is 55.4 Å². The minimum absolute atomic E-state index is 0.0115. The van der Waals surface area contributed by atoms with E-state index in [1.165, 1.54) is 17.7 Å². The van der Waals surface area contributed by atoms with Crippen LogP contribution in [-0.4, -0.2) is 9.97 Å². The van der Waals surface area contributed by atoms with E-state index in [1.807, 2.05) is 24.4 Å². The molecule has 4 heteroatoms. The third-order valence-corrected chi connectivity index (χ3v) is 5.37. The smallest absolute Gasteiger partial charge is 0.161 e. The van der Waals surface area contributed by atoms with Crippen molar-refractivity contribution in [1.29, 1.82) is 0 Å². The molecule has 0 amide bonds. The maximum Gasteiger partial charge on any atom is 0.161 e. The van der Waals surface area contributed by atoms with Crippen LogP contribution < -0.4 is 4.90 Å². The average molecular weight is 373 g/mol. The van der Waals surface area contributed by atoms with Crippen LogP contribution in [0.1, 0.15) is 49.4 Å². The molecule has 1 aliphatic rings. The number of nitrogens with zero attached hydrogens (tertiary/aromatic N) is 3. The largest absolute Gasteiger partial charge is 0.323 e. The van der Waals surface area contributed by atoms with Gasteiger partial charge in [-0.3, -0.25) is 0 Å². The van der Waals surface area contributed by atoms with Gasteiger partial charge in [0.2, 0.25) is 0 Å². The number of halogens is 1. The van der Waals surface area contributed by atoms with Crippen molar-refractivity contribution in [3.05, 3.63) is 89.5 Å². The van der Waals surface area contributed by atoms with Gasteiger partial charge >= 0.3 is 0 Å². The molecule has 0 bridgehead atoms. The van der Waals surface area contributed by atoms with Gasteiger partial charge in [-0.1, -0.05) is 56.8 Å². The first kappa shape index (κ1) is 18.4. The van der Waals surface area contributed by atoms with Gasteiger partial charge < -0.3 is 4.90 Å². The molecule has 0 spiro atoms. The highest BCUT2D eigenvalue weighted by Crippen LogP contribution is 2.39. The first-order valence-corrected chi connectivity index (χ1v) is 9.63. The summed E-state index contributed by atoms with van der Waals surface area (Å²) in [5.74, 6) is 1.78. The Labute approximate surface area is 165 Å². The Kier molecular flexibility index (Phi) is 4.71. The standard InChI is InChI=1S/C24H24FN3/c1-15(2)21-7-5-6-8-22(21)23-26-14-19-13-16(3)28(24(19)27-23)17(4)18-9-11-20(25)12-10-18/h5-12,14-15,17H,3,13H2,1-2,4H3/t17-/m0/s1. The molecule has 0 fully saturated rings. The number of anilines is 1. The van der Waals surface area contributed by atoms with E-state index in [0.29, 0.717) is 5.92 Å². The molecule has 0 radical (unpaired) electrons. The van der Waals surface area contributed by atoms with Crippen LogP contribution in [0.5, 0.6) is 0 Å². The van der Waals surface area contributed by atoms with Crippen molar-refractivity contribution in [3.8, 4) is 11.4 Å². The predicted molar refractivity (Wildman–Crippen MR) is 112 cm³/mol. The molecule has 1 atom stereocenters. The van der Waals surface area contributed by atoms with E-state index in [0.717, 1.165) is 40.5 Å². The maximum absolute atomic E-state index is 13.3. The fourth-order valence-electron chi connectivity index (χ4n) is 3.87. The lowest BCUT2D eigenvalue weighted by Crippen LogP contribution is -2.23. The Balaban J connectivity index is 1.77. The van der Waals surface area contributed by atoms with Crippen LogP contribution in [0.4, 0.5) is 10.2 Å². The minimum Gasteiger partial charge on any atom is -0.323 e. The quantitative estimate of drug-likeness (QED) is 0.558. The van der Waals surface area contributed by atoms with Crippen molar-refractivity contribution < 1.29 is 4.39 Å². The third kappa shape index (κ3) is 3.19. The lowest BCUT2D eigenvalue weighted by atomic mass is 9.97. The number of rotatable bonds is 4. The van der Waals surface area contributed by atoms with Crippen LogP contribution in [-0.2, 0) is 6.42 Å². The second-order valence-corrected chi connectivity index (χ2v) is 7.62. The zero-order valence-electron chi connectivity index (χ0n) is 16.5. The summed E-state index contributed by atoms with van der Waals surface area (Å²) in [7, 11) is 0. The molecular weight excluding hydrogens is 349 g/mol. The minimum atomic E-state index is -0.230. The van der Waals surface area contributed by atoms with Crippen molar-refractivity contribution in [3.63, 3.8) is 0 Å². The Morgan fingerprint density at radius 2 is 1.75 bits per heavy atom. The maximum atomic E-state index is 13.3. The molecule has 4 rings (SSSR count). The summed E-state index contributed by atoms with van der Waals surface area (Å²) in [5, 5.41) is 0. The molecule has 1 aromatic heterocycles. The van der Waals surface area contributed by atoms with Crippen molar-refractivity contribution in [2.75, 3.05) is 4.90 Å². The van der Waals surface area contributed by atoms with Gasteiger partial charge in [0.25, 0.3) is 0 Å². The molecule has 3 aromatic rings. The van der Waals surface area contributed by atoms with Crippen molar-refractivity contribution in [2.24, 2.45) is 0 Å². The van der Waals surface area contributed by atoms with Gasteiger partial charge in [-0.2, -0.15) is 0 Å². The molecule has 1 aliphatic heterocycles. The fraction of sp³-hybridized carbons (Fsp3) is 0.250. The van der Waals surface area contributed by atoms with E-state index in [9.17, 15) is 4.39 Å². The molecule has 2 heterocycles. The number of hydrogen-bond acceptors (Lipinski definition) is 3. The lowest BCUT2D eigenvalue weighted by Gasteiger charge is -2.28. The number of allylic oxidation sites excluding steroid dienone is 1. The fourth-order valence-corrected chi connectivity index (χ4v) is 3.87. The first-order chi connectivity index (χ1) is 13.5. The van der Waals surface area contributed by atoms with Gasteiger partial charge in [-0.15, -0.1) is 0 Å². The summed E-state index contributed by atoms with van der Waals surface area (Å²) in [5.41, 5.74) is 5.38. The summed E-state index contributed by atoms with van der Waals surface area (Å²) < 4.78 is 13.3. The average Bonchev–Trinajstić information content (AvgIpc) is 3.02. The van der Waals surface area contributed by atoms with E-state index < -0.39 is 0 Å². The number of hydrogen-bond donors (Lipinski definition) is 0. The van der Waals surface area contributed by atoms with Gasteiger partial charge in [-0.25, -0.2) is 14.4 Å². The monoisotopic (exact) mass is 373 g/mol. The van der Waals surface area contributed by atoms with Crippen LogP contribution >= 0.6 is 0 Å². The van der Waals surface area contributed by atoms with Crippen LogP contribution in [0.3, 0.4) is 0 Å². The summed E-state index contributed by atoms with van der Waals surface area (Å²) in [4.78, 5) is 11.7. The number of benzene rings is 2. The van der Waals surface area contributed by atoms with Gasteiger partial charge in [0.15, 0.2) is 5.82 Å². The predicted octanol–water partition coefficient (Wildman–Crippen LogP) is 6.04. The van der Waals surface area contributed by atoms with Crippen molar-refractivity contribution in [2.45, 2.75) is 39.2 Å². The van der Waals surface area contributed by atoms with Crippen molar-refractivity contribution >= 4 is 5.82 Å². The summed E-state index contributed by atoms with van der Waals surface area (Å²) in [6.45, 7) is 10.7. The van der Waals surface area contributed by atoms with Crippen molar-refractivity contribution in [1.82, 2.24) is 9.97 Å². The normalized spacial score (nSPS) is 14.5. The number of aromatic nitrogens is 2. The SMILES string of the molecule is C=C1Cc2cnc(-c3ccccc3C(C)C)nc2N1[C@@H](C)c1ccc(F)cc1. The topological polar surface area (TPSA) is 29.0 Å². The number of fused-ring (bicyclic) bond motifs is 1. The van der Waals surface area contributed by atoms with Gasteiger partial charge in [0.1, 0.15) is 11.6 Å². The molecule has 142 valence electrons. The van der Waals surface area contributed by atoms with E-state index in [1.54, 1.807) is 0 Å². The molecule has 0 unspecified atom stereocenters. The van der Waals surface area contributed by atoms with E-state index >= 15 is 0 Å². The van der Waals surface area contributed by atoms with E-state index in [4.69, 9.17) is 4.98 Å². The Morgan fingerprint density at radius 3 is 2.46 bits per heavy atom. The third-order valence-electron chi connectivity index (χ3n) is 5.37. The van der Waals surface area contributed by atoms with E-state index in [-0.39, 0.29) is 11.9 Å². The molecule has 0 saturated carbocycles. The lowest BCUT2D eigenvalue weighted by molar-refractivity contribution is 0.625. The molecule has 0 N–H and O–H groups in total. The zero-order valence-corrected chi connectivity index (χ0v) is 16.5. The summed E-state index contributed by atoms with van der Waals surface area (Å²) >= 11 is 0. The summed E-state index contributed by atoms with van der Waals surface area (Å²) in [6.07, 6.45) is 2.64. The second kappa shape index (κ2) is 7.19. The highest BCUT2D eigenvalue weighted by atomic mass is 19.1. The molecule has 0 aliphatic carbocycles. The Morgan fingerprint density at radius 1 is 1.04 bits per heavy atom. The molecule has 3 nitrogen and oxygen atoms in total. The Bertz CT molecular complexity index is 1020. The molecular formula is C24H24FN3. The first-order valence-electron chi connectivity index (χ1n) is 9.63. The zero-order chi connectivity index (χ0) is 19.8. The van der Waals surface area contributed by atoms with Crippen LogP contribution in [0, 0.1) is 5.82 Å².